The van der Waals surface area contributed by atoms with Crippen LogP contribution in [0.25, 0.3) is 19.8 Å². The van der Waals surface area contributed by atoms with Crippen LogP contribution >= 0.6 is 45.3 Å². The van der Waals surface area contributed by atoms with E-state index in [-0.39, 0.29) is 53.2 Å². The molecule has 23 heteroatoms. The Kier molecular flexibility index (Phi) is 23.0. The van der Waals surface area contributed by atoms with Crippen LogP contribution in [-0.2, 0) is 76.6 Å². The van der Waals surface area contributed by atoms with E-state index in [1.165, 1.54) is 46.3 Å². The number of aromatic nitrogens is 2. The van der Waals surface area contributed by atoms with Gasteiger partial charge in [0.15, 0.2) is 0 Å². The molecule has 0 radical (unpaired) electrons. The molecular formula is C56H57N6NaO10S6. The summed E-state index contributed by atoms with van der Waals surface area (Å²) in [5, 5.41) is 15.7. The average Bonchev–Trinajstić information content (AvgIpc) is 4.31. The molecule has 0 saturated heterocycles. The van der Waals surface area contributed by atoms with Crippen molar-refractivity contribution in [3.8, 4) is 19.8 Å². The number of thiophene rings is 2. The number of thiazole rings is 2. The minimum atomic E-state index is -4.39. The van der Waals surface area contributed by atoms with Gasteiger partial charge in [-0.05, 0) is 69.1 Å². The number of hydrogen-bond donors (Lipinski definition) is 3. The summed E-state index contributed by atoms with van der Waals surface area (Å²) in [5.41, 5.74) is 5.79. The predicted molar refractivity (Wildman–Crippen MR) is 306 cm³/mol. The molecule has 0 bridgehead atoms. The van der Waals surface area contributed by atoms with E-state index in [1.807, 2.05) is 106 Å². The first kappa shape index (κ1) is 62.4. The molecule has 3 N–H and O–H groups in total. The van der Waals surface area contributed by atoms with E-state index in [2.05, 4.69) is 10.6 Å². The van der Waals surface area contributed by atoms with Crippen LogP contribution in [0.15, 0.2) is 155 Å². The Labute approximate surface area is 498 Å². The average molecular weight is 1190 g/mol. The first-order valence-electron chi connectivity index (χ1n) is 24.4. The van der Waals surface area contributed by atoms with Gasteiger partial charge in [-0.3, -0.25) is 23.7 Å². The van der Waals surface area contributed by atoms with Crippen LogP contribution in [0.2, 0.25) is 0 Å². The smallest absolute Gasteiger partial charge is 0.748 e. The topological polar surface area (TPSA) is 236 Å². The van der Waals surface area contributed by atoms with E-state index in [0.717, 1.165) is 42.0 Å². The Morgan fingerprint density at radius 3 is 1.20 bits per heavy atom. The molecule has 408 valence electrons. The number of nitrogens with zero attached hydrogens (tertiary/aromatic N) is 4. The maximum atomic E-state index is 13.7. The monoisotopic (exact) mass is 1190 g/mol. The van der Waals surface area contributed by atoms with Crippen LogP contribution < -0.4 is 40.2 Å². The molecule has 0 aliphatic heterocycles. The van der Waals surface area contributed by atoms with E-state index >= 15 is 0 Å². The third kappa shape index (κ3) is 19.2. The second-order valence-electron chi connectivity index (χ2n) is 18.4. The Hall–Kier alpha value is -5.76. The molecule has 4 heterocycles. The molecule has 0 saturated carbocycles. The molecule has 8 rings (SSSR count). The fraction of sp³-hybridized carbons (Fsp3) is 0.250. The van der Waals surface area contributed by atoms with Crippen LogP contribution in [0.3, 0.4) is 0 Å². The molecule has 0 aliphatic carbocycles. The van der Waals surface area contributed by atoms with Crippen molar-refractivity contribution in [1.82, 2.24) is 30.4 Å². The third-order valence-electron chi connectivity index (χ3n) is 12.6. The van der Waals surface area contributed by atoms with Crippen molar-refractivity contribution >= 4 is 89.2 Å². The first-order valence-corrected chi connectivity index (χ1v) is 31.1. The van der Waals surface area contributed by atoms with Crippen LogP contribution in [-0.4, -0.2) is 95.5 Å². The van der Waals surface area contributed by atoms with Gasteiger partial charge >= 0.3 is 29.6 Å². The molecule has 0 spiro atoms. The zero-order valence-electron chi connectivity index (χ0n) is 43.9. The molecule has 79 heavy (non-hydrogen) atoms. The van der Waals surface area contributed by atoms with E-state index < -0.39 is 55.9 Å². The van der Waals surface area contributed by atoms with Crippen molar-refractivity contribution in [2.45, 2.75) is 75.2 Å². The van der Waals surface area contributed by atoms with Crippen LogP contribution in [0, 0.1) is 0 Å². The number of likely N-dealkylation sites (N-methyl/N-ethyl adjacent to an activating group) is 2. The number of rotatable bonds is 22. The summed E-state index contributed by atoms with van der Waals surface area (Å²) < 4.78 is 65.0. The number of nitrogens with one attached hydrogen (secondary N) is 2. The number of benzene rings is 4. The second-order valence-corrected chi connectivity index (χ2v) is 24.8. The van der Waals surface area contributed by atoms with Gasteiger partial charge in [-0.25, -0.2) is 18.4 Å². The number of carbonyl (C=O) groups excluding carboxylic acids is 4. The van der Waals surface area contributed by atoms with Crippen molar-refractivity contribution in [2.75, 3.05) is 14.1 Å². The molecular weight excluding hydrogens is 1130 g/mol. The number of amides is 4. The molecule has 0 fully saturated rings. The van der Waals surface area contributed by atoms with E-state index in [4.69, 9.17) is 14.5 Å². The van der Waals surface area contributed by atoms with Crippen molar-refractivity contribution < 1.29 is 74.7 Å². The SMILES string of the molecule is CC(=O)N(C)[C@@H](Cc1ccccc1)C(=O)N[C@@H](Cc1ccc(CS(=O)(=O)O)cc1)c1csc(-c2cccs2)n1.CC(=O)N(C)[C@@H](Cc1ccccc1)C(=O)N[C@@H](Cc1ccc(CS(=O)(=O)[O-])cc1)c1csc(-c2cccs2)n1.[Na+]. The van der Waals surface area contributed by atoms with Gasteiger partial charge < -0.3 is 25.0 Å². The minimum absolute atomic E-state index is 0. The largest absolute Gasteiger partial charge is 1.00 e. The van der Waals surface area contributed by atoms with Gasteiger partial charge in [0.1, 0.15) is 27.9 Å². The summed E-state index contributed by atoms with van der Waals surface area (Å²) in [7, 11) is -5.29. The van der Waals surface area contributed by atoms with Gasteiger partial charge in [0.25, 0.3) is 10.1 Å². The zero-order valence-corrected chi connectivity index (χ0v) is 50.8. The molecule has 0 unspecified atom stereocenters. The molecule has 16 nitrogen and oxygen atoms in total. The van der Waals surface area contributed by atoms with E-state index in [9.17, 15) is 40.6 Å². The van der Waals surface area contributed by atoms with Crippen molar-refractivity contribution in [3.63, 3.8) is 0 Å². The summed E-state index contributed by atoms with van der Waals surface area (Å²) in [5.74, 6) is -2.09. The molecule has 4 aromatic heterocycles. The standard InChI is InChI=1S/2C28H29N3O5S3.Na/c2*1-19(32)31(2)25(16-20-7-4-3-5-8-20)27(33)29-23(24-17-38-28(30-24)26-9-6-14-37-26)15-21-10-12-22(13-11-21)18-39(34,35)36;/h2*3-14,17,23,25H,15-16,18H2,1-2H3,(H,29,33)(H,34,35,36);/q;;+1/p-1/t2*23-,25-;/m00./s1. The zero-order chi connectivity index (χ0) is 56.0. The molecule has 4 amide bonds. The second kappa shape index (κ2) is 29.1. The van der Waals surface area contributed by atoms with Gasteiger partial charge in [-0.1, -0.05) is 121 Å². The Morgan fingerprint density at radius 1 is 0.519 bits per heavy atom. The van der Waals surface area contributed by atoms with Gasteiger partial charge in [0, 0.05) is 51.5 Å². The number of hydrogen-bond acceptors (Lipinski definition) is 15. The predicted octanol–water partition coefficient (Wildman–Crippen LogP) is 6.16. The molecule has 0 aliphatic rings. The normalized spacial score (nSPS) is 12.8. The quantitative estimate of drug-likeness (QED) is 0.0511. The van der Waals surface area contributed by atoms with Crippen LogP contribution in [0.1, 0.15) is 70.7 Å². The minimum Gasteiger partial charge on any atom is -0.748 e. The third-order valence-corrected chi connectivity index (χ3v) is 17.7. The van der Waals surface area contributed by atoms with Gasteiger partial charge in [-0.15, -0.1) is 45.3 Å². The van der Waals surface area contributed by atoms with Gasteiger partial charge in [0.2, 0.25) is 23.6 Å². The van der Waals surface area contributed by atoms with Gasteiger partial charge in [-0.2, -0.15) is 8.42 Å². The van der Waals surface area contributed by atoms with Crippen molar-refractivity contribution in [3.05, 3.63) is 200 Å². The molecule has 8 aromatic rings. The fourth-order valence-electron chi connectivity index (χ4n) is 8.27. The van der Waals surface area contributed by atoms with Crippen LogP contribution in [0.4, 0.5) is 0 Å². The van der Waals surface area contributed by atoms with Crippen molar-refractivity contribution in [1.29, 1.82) is 0 Å². The maximum absolute atomic E-state index is 13.7. The summed E-state index contributed by atoms with van der Waals surface area (Å²) in [6.07, 6.45) is 1.49. The van der Waals surface area contributed by atoms with Crippen LogP contribution in [0.5, 0.6) is 0 Å². The summed E-state index contributed by atoms with van der Waals surface area (Å²) >= 11 is 6.14. The van der Waals surface area contributed by atoms with Crippen molar-refractivity contribution in [2.24, 2.45) is 0 Å². The first-order chi connectivity index (χ1) is 37.2. The maximum Gasteiger partial charge on any atom is 1.00 e. The number of carbonyl (C=O) groups is 4. The van der Waals surface area contributed by atoms with Gasteiger partial charge in [0.05, 0.1) is 49.1 Å². The molecule has 4 aromatic carbocycles. The Bertz CT molecular complexity index is 3240. The Morgan fingerprint density at radius 2 is 0.873 bits per heavy atom. The fourth-order valence-corrected chi connectivity index (χ4v) is 12.9. The summed E-state index contributed by atoms with van der Waals surface area (Å²) in [6, 6.07) is 38.0. The Balaban J connectivity index is 0.000000252. The molecule has 4 atom stereocenters. The summed E-state index contributed by atoms with van der Waals surface area (Å²) in [4.78, 5) is 66.5. The summed E-state index contributed by atoms with van der Waals surface area (Å²) in [6.45, 7) is 2.87. The van der Waals surface area contributed by atoms with E-state index in [0.29, 0.717) is 48.2 Å². The van der Waals surface area contributed by atoms with E-state index in [1.54, 1.807) is 85.3 Å².